The van der Waals surface area contributed by atoms with Gasteiger partial charge in [-0.25, -0.2) is 9.18 Å². The van der Waals surface area contributed by atoms with Crippen molar-refractivity contribution < 1.29 is 142 Å². The number of amides is 7. The zero-order valence-electron chi connectivity index (χ0n) is 67.1. The fourth-order valence-corrected chi connectivity index (χ4v) is 17.0. The van der Waals surface area contributed by atoms with Crippen LogP contribution in [0.25, 0.3) is 21.6 Å². The van der Waals surface area contributed by atoms with Crippen LogP contribution in [0.3, 0.4) is 0 Å². The highest BCUT2D eigenvalue weighted by molar-refractivity contribution is 7.15. The molecule has 0 saturated carbocycles. The van der Waals surface area contributed by atoms with Crippen LogP contribution in [-0.2, 0) is 68.6 Å². The van der Waals surface area contributed by atoms with E-state index in [9.17, 15) is 80.1 Å². The van der Waals surface area contributed by atoms with Crippen LogP contribution in [0.1, 0.15) is 110 Å². The number of nitrogens with one attached hydrogen (secondary N) is 8. The van der Waals surface area contributed by atoms with Crippen molar-refractivity contribution in [3.05, 3.63) is 164 Å². The van der Waals surface area contributed by atoms with Crippen LogP contribution in [0, 0.1) is 11.7 Å². The lowest BCUT2D eigenvalue weighted by molar-refractivity contribution is -0.350. The molecule has 0 radical (unpaired) electrons. The van der Waals surface area contributed by atoms with Gasteiger partial charge in [-0.15, -0.1) is 11.3 Å². The van der Waals surface area contributed by atoms with Gasteiger partial charge < -0.3 is 153 Å². The second-order valence-electron chi connectivity index (χ2n) is 31.7. The third-order valence-corrected chi connectivity index (χ3v) is 23.9. The summed E-state index contributed by atoms with van der Waals surface area (Å²) < 4.78 is 64.9. The lowest BCUT2D eigenvalue weighted by atomic mass is 9.86. The topological polar surface area (TPSA) is 601 Å². The molecule has 7 aromatic rings. The molecule has 23 atom stereocenters. The molecule has 4 unspecified atom stereocenters. The number of halogens is 3. The van der Waals surface area contributed by atoms with E-state index in [0.717, 1.165) is 82.0 Å². The summed E-state index contributed by atoms with van der Waals surface area (Å²) in [6.45, 7) is 5.39. The number of thiophene rings is 1. The summed E-state index contributed by atoms with van der Waals surface area (Å²) in [5, 5.41) is 159. The summed E-state index contributed by atoms with van der Waals surface area (Å²) in [5.41, 5.74) is 8.71. The molecular formula is C83H93Cl2FN10O28S. The van der Waals surface area contributed by atoms with E-state index in [1.807, 2.05) is 12.1 Å². The molecule has 11 bridgehead atoms. The molecule has 0 aliphatic carbocycles. The van der Waals surface area contributed by atoms with Crippen molar-refractivity contribution >= 4 is 81.9 Å². The minimum absolute atomic E-state index is 0.133. The number of primary amides is 1. The van der Waals surface area contributed by atoms with Gasteiger partial charge in [-0.2, -0.15) is 0 Å². The van der Waals surface area contributed by atoms with Crippen molar-refractivity contribution in [2.24, 2.45) is 17.4 Å². The predicted octanol–water partition coefficient (Wildman–Crippen LogP) is 1.60. The molecule has 0 spiro atoms. The number of benzene rings is 6. The van der Waals surface area contributed by atoms with Gasteiger partial charge in [0.2, 0.25) is 53.4 Å². The van der Waals surface area contributed by atoms with Crippen molar-refractivity contribution in [2.75, 3.05) is 20.2 Å². The van der Waals surface area contributed by atoms with Gasteiger partial charge in [0.25, 0.3) is 0 Å². The number of aliphatic hydroxyl groups is 8. The molecule has 24 N–H and O–H groups in total. The summed E-state index contributed by atoms with van der Waals surface area (Å²) in [6, 6.07) is 8.41. The van der Waals surface area contributed by atoms with Gasteiger partial charge in [-0.05, 0) is 140 Å². The summed E-state index contributed by atoms with van der Waals surface area (Å²) in [6.07, 6.45) is -29.3. The molecule has 125 heavy (non-hydrogen) atoms. The number of hydrogen-bond acceptors (Lipinski definition) is 31. The standard InChI is InChI=1S/C83H93Cl2FN10O28S/c1-31(2)18-45(89-5)74(109)95-62-64(102)35-9-15-49(43(84)20-35)118-51-22-37-23-52(71(51)123-82-69(107)67(105)72(54(30-97)121-82)124-81-68(106)66(104)65(103)53(120-81)29-90-28-40-13-17-55(125-40)33-6-11-38(86)12-7-33)119-50-16-10-36(21-44(50)85)70(122-57-27-83(4,88)73(108)32(3)117-57)63-79(114)94-61(80(115)116)42-24-39(98)25-48(100)58(42)41-19-34(8-14-47(41)99)59(76(111)96-63)93-77(112)60(37)92-75(110)46(26-56(87)101)91-78(62)113/h6-17,19-25,31-32,45-46,53-54,57,59-70,72-73,81-82,89-90,97-100,102-108H,18,26-30,88H2,1-5H3,(H2,87,101)(H,91,113)(H,92,110)(H,93,112)(H,94,114)(H,95,109)(H,96,111)(H,115,116)/t32-,45+,46?,53+,54+,57?,59+,60+,61?,62?,63-,64+,65-,66-,67+,68+,69+,70+,72+,73-,81-,82-,83-/m0/s1. The molecule has 9 heterocycles. The lowest BCUT2D eigenvalue weighted by Crippen LogP contribution is -2.65. The number of aliphatic hydroxyl groups excluding tert-OH is 8. The number of ether oxygens (including phenoxy) is 8. The number of carboxylic acid groups (broad SMARTS) is 1. The minimum atomic E-state index is -2.43. The van der Waals surface area contributed by atoms with E-state index in [4.69, 9.17) is 72.6 Å². The number of carbonyl (C=O) groups excluding carboxylic acids is 7. The number of phenols is 3. The van der Waals surface area contributed by atoms with Crippen molar-refractivity contribution in [2.45, 2.75) is 193 Å². The first kappa shape index (κ1) is 92.1. The Labute approximate surface area is 725 Å². The number of aliphatic carboxylic acids is 1. The monoisotopic (exact) mass is 1800 g/mol. The maximum atomic E-state index is 16.4. The van der Waals surface area contributed by atoms with Crippen LogP contribution >= 0.6 is 34.5 Å². The van der Waals surface area contributed by atoms with E-state index in [2.05, 4.69) is 42.5 Å². The van der Waals surface area contributed by atoms with E-state index < -0.39 is 290 Å². The normalized spacial score (nSPS) is 29.8. The second kappa shape index (κ2) is 38.3. The number of aromatic hydroxyl groups is 3. The SMILES string of the molecule is CN[C@H](CC(C)C)C(=O)NC1C(=O)NC(CC(N)=O)C(=O)N[C@H]2C(=O)N[C@H]3C(=O)N[C@H](C(=O)NC(C(=O)O)c4cc(O)cc(O)c4-c4cc3ccc4O)[C@H](OC3C[C@](C)(N)[C@@H](O)[C@H](C)O3)c3ccc(c(Cl)c3)Oc3cc2cc(c3O[C@@H]2O[C@H](CO)[C@@H](O[C@@H]3O[C@H](CNCc4ccc(-c5ccc(F)cc5)s4)[C@H](O)[C@H](O)[C@H]3O)[C@H](O)[C@H]2O)Oc2ccc(cc2Cl)[C@H]1O. The maximum absolute atomic E-state index is 16.4. The molecule has 8 aliphatic heterocycles. The molecule has 1 aromatic heterocycles. The highest BCUT2D eigenvalue weighted by atomic mass is 35.5. The Kier molecular flexibility index (Phi) is 28.3. The fraction of sp³-hybridized carbons (Fsp3) is 0.422. The molecule has 8 aliphatic rings. The number of phenolic OH excluding ortho intramolecular Hbond substituents is 3. The number of nitrogens with two attached hydrogens (primary N) is 2. The first-order chi connectivity index (χ1) is 59.3. The Bertz CT molecular complexity index is 5230. The number of likely N-dealkylation sites (N-methyl/N-ethyl adjacent to an activating group) is 1. The highest BCUT2D eigenvalue weighted by Gasteiger charge is 2.53. The smallest absolute Gasteiger partial charge is 0.330 e. The number of hydrogen-bond donors (Lipinski definition) is 22. The molecule has 6 aromatic carbocycles. The van der Waals surface area contributed by atoms with Gasteiger partial charge >= 0.3 is 5.97 Å². The number of carboxylic acids is 1. The highest BCUT2D eigenvalue weighted by Crippen LogP contribution is 2.51. The van der Waals surface area contributed by atoms with E-state index in [-0.39, 0.29) is 43.0 Å². The lowest BCUT2D eigenvalue weighted by Gasteiger charge is -2.46. The van der Waals surface area contributed by atoms with Gasteiger partial charge in [-0.1, -0.05) is 67.4 Å². The average molecular weight is 1800 g/mol. The van der Waals surface area contributed by atoms with Gasteiger partial charge in [0.05, 0.1) is 41.3 Å². The Morgan fingerprint density at radius 3 is 1.94 bits per heavy atom. The Morgan fingerprint density at radius 1 is 0.672 bits per heavy atom. The second-order valence-corrected chi connectivity index (χ2v) is 33.7. The van der Waals surface area contributed by atoms with Crippen LogP contribution in [0.15, 0.2) is 115 Å². The molecule has 42 heteroatoms. The van der Waals surface area contributed by atoms with E-state index in [0.29, 0.717) is 0 Å². The zero-order chi connectivity index (χ0) is 90.2. The van der Waals surface area contributed by atoms with Crippen LogP contribution < -0.4 is 68.2 Å². The van der Waals surface area contributed by atoms with Crippen LogP contribution in [0.5, 0.6) is 46.0 Å². The van der Waals surface area contributed by atoms with E-state index >= 15 is 24.0 Å². The van der Waals surface area contributed by atoms with Gasteiger partial charge in [0, 0.05) is 57.6 Å². The Hall–Kier alpha value is -10.6. The molecule has 3 saturated heterocycles. The first-order valence-electron chi connectivity index (χ1n) is 39.5. The van der Waals surface area contributed by atoms with E-state index in [1.54, 1.807) is 26.0 Å². The van der Waals surface area contributed by atoms with Crippen LogP contribution in [-0.4, -0.2) is 238 Å². The largest absolute Gasteiger partial charge is 0.508 e. The summed E-state index contributed by atoms with van der Waals surface area (Å²) in [7, 11) is 1.46. The number of carbonyl (C=O) groups is 8. The van der Waals surface area contributed by atoms with Crippen LogP contribution in [0.2, 0.25) is 10.0 Å². The summed E-state index contributed by atoms with van der Waals surface area (Å²) >= 11 is 15.9. The third-order valence-electron chi connectivity index (χ3n) is 22.1. The molecule has 670 valence electrons. The van der Waals surface area contributed by atoms with Crippen molar-refractivity contribution in [3.8, 4) is 67.6 Å². The van der Waals surface area contributed by atoms with Gasteiger partial charge in [-0.3, -0.25) is 33.6 Å². The first-order valence-corrected chi connectivity index (χ1v) is 41.0. The molecule has 15 rings (SSSR count). The third kappa shape index (κ3) is 20.2. The number of rotatable bonds is 20. The molecule has 38 nitrogen and oxygen atoms in total. The molecular weight excluding hydrogens is 1710 g/mol. The summed E-state index contributed by atoms with van der Waals surface area (Å²) in [5.74, 6) is -17.2. The van der Waals surface area contributed by atoms with Crippen LogP contribution in [0.4, 0.5) is 4.39 Å². The predicted molar refractivity (Wildman–Crippen MR) is 436 cm³/mol. The average Bonchev–Trinajstić information content (AvgIpc) is 1.12. The zero-order valence-corrected chi connectivity index (χ0v) is 69.4. The Morgan fingerprint density at radius 2 is 1.30 bits per heavy atom. The Balaban J connectivity index is 0.967. The maximum Gasteiger partial charge on any atom is 0.330 e. The van der Waals surface area contributed by atoms with E-state index in [1.165, 1.54) is 56.5 Å². The quantitative estimate of drug-likeness (QED) is 0.0515. The minimum Gasteiger partial charge on any atom is -0.508 e. The van der Waals surface area contributed by atoms with Gasteiger partial charge in [0.1, 0.15) is 126 Å². The molecule has 3 fully saturated rings. The summed E-state index contributed by atoms with van der Waals surface area (Å²) in [4.78, 5) is 122. The van der Waals surface area contributed by atoms with Gasteiger partial charge in [0.15, 0.2) is 30.1 Å². The number of fused-ring (bicyclic) bond motifs is 15. The van der Waals surface area contributed by atoms with Crippen molar-refractivity contribution in [3.63, 3.8) is 0 Å². The van der Waals surface area contributed by atoms with Crippen molar-refractivity contribution in [1.82, 2.24) is 42.5 Å². The van der Waals surface area contributed by atoms with Crippen molar-refractivity contribution in [1.29, 1.82) is 0 Å². The molecule has 7 amide bonds. The fourth-order valence-electron chi connectivity index (χ4n) is 15.6.